The van der Waals surface area contributed by atoms with Crippen molar-refractivity contribution in [1.82, 2.24) is 10.3 Å². The van der Waals surface area contributed by atoms with Gasteiger partial charge in [-0.15, -0.1) is 0 Å². The zero-order chi connectivity index (χ0) is 17.0. The van der Waals surface area contributed by atoms with E-state index in [1.807, 2.05) is 13.8 Å². The van der Waals surface area contributed by atoms with Crippen molar-refractivity contribution in [3.63, 3.8) is 0 Å². The summed E-state index contributed by atoms with van der Waals surface area (Å²) in [6.45, 7) is 8.39. The van der Waals surface area contributed by atoms with Crippen molar-refractivity contribution in [3.8, 4) is 0 Å². The second-order valence-electron chi connectivity index (χ2n) is 5.33. The van der Waals surface area contributed by atoms with Crippen molar-refractivity contribution >= 4 is 17.8 Å². The predicted octanol–water partition coefficient (Wildman–Crippen LogP) is 1.49. The van der Waals surface area contributed by atoms with Crippen LogP contribution in [0.3, 0.4) is 0 Å². The van der Waals surface area contributed by atoms with E-state index in [1.54, 1.807) is 13.8 Å². The van der Waals surface area contributed by atoms with Crippen LogP contribution >= 0.6 is 0 Å². The first-order chi connectivity index (χ1) is 10.2. The van der Waals surface area contributed by atoms with Crippen LogP contribution in [-0.4, -0.2) is 42.1 Å². The second-order valence-corrected chi connectivity index (χ2v) is 5.33. The number of hydrogen-bond acceptors (Lipinski definition) is 5. The number of aryl methyl sites for hydroxylation is 1. The van der Waals surface area contributed by atoms with E-state index in [1.165, 1.54) is 14.0 Å². The van der Waals surface area contributed by atoms with Crippen LogP contribution in [0.4, 0.5) is 0 Å². The standard InChI is InChI=1S/C15H22N2O5/c1-7(2)16-13(18)10(5)22-15(20)12-8(3)11(9(4)17-12)14(19)21-6/h7,10,17H,1-6H3,(H,16,18). The molecule has 0 aliphatic rings. The molecular formula is C15H22N2O5. The molecule has 1 aromatic rings. The second kappa shape index (κ2) is 7.11. The molecule has 1 heterocycles. The summed E-state index contributed by atoms with van der Waals surface area (Å²) in [5, 5.41) is 2.66. The lowest BCUT2D eigenvalue weighted by Gasteiger charge is -2.15. The minimum atomic E-state index is -0.931. The third-order valence-corrected chi connectivity index (χ3v) is 3.12. The molecule has 1 amide bonds. The van der Waals surface area contributed by atoms with E-state index in [2.05, 4.69) is 15.0 Å². The van der Waals surface area contributed by atoms with Crippen LogP contribution in [0.2, 0.25) is 0 Å². The molecule has 2 N–H and O–H groups in total. The minimum absolute atomic E-state index is 0.0472. The maximum absolute atomic E-state index is 12.2. The highest BCUT2D eigenvalue weighted by Gasteiger charge is 2.26. The molecule has 1 aromatic heterocycles. The topological polar surface area (TPSA) is 97.5 Å². The zero-order valence-corrected chi connectivity index (χ0v) is 13.7. The molecule has 0 saturated heterocycles. The minimum Gasteiger partial charge on any atom is -0.465 e. The van der Waals surface area contributed by atoms with E-state index in [0.717, 1.165) is 0 Å². The fourth-order valence-corrected chi connectivity index (χ4v) is 2.04. The third-order valence-electron chi connectivity index (χ3n) is 3.12. The van der Waals surface area contributed by atoms with E-state index < -0.39 is 18.0 Å². The van der Waals surface area contributed by atoms with Gasteiger partial charge < -0.3 is 19.8 Å². The number of aromatic nitrogens is 1. The summed E-state index contributed by atoms with van der Waals surface area (Å²) in [6.07, 6.45) is -0.931. The Balaban J connectivity index is 2.91. The maximum Gasteiger partial charge on any atom is 0.355 e. The van der Waals surface area contributed by atoms with Gasteiger partial charge in [0.05, 0.1) is 12.7 Å². The number of carbonyl (C=O) groups excluding carboxylic acids is 3. The molecule has 1 rings (SSSR count). The van der Waals surface area contributed by atoms with Crippen LogP contribution in [0, 0.1) is 13.8 Å². The van der Waals surface area contributed by atoms with E-state index in [0.29, 0.717) is 16.8 Å². The first-order valence-electron chi connectivity index (χ1n) is 6.97. The summed E-state index contributed by atoms with van der Waals surface area (Å²) in [7, 11) is 1.27. The lowest BCUT2D eigenvalue weighted by molar-refractivity contribution is -0.129. The molecule has 0 aliphatic heterocycles. The average molecular weight is 310 g/mol. The number of ether oxygens (including phenoxy) is 2. The molecule has 1 atom stereocenters. The van der Waals surface area contributed by atoms with E-state index >= 15 is 0 Å². The van der Waals surface area contributed by atoms with Crippen LogP contribution in [0.1, 0.15) is 52.9 Å². The van der Waals surface area contributed by atoms with Crippen LogP contribution < -0.4 is 5.32 Å². The number of nitrogens with one attached hydrogen (secondary N) is 2. The molecule has 1 unspecified atom stereocenters. The van der Waals surface area contributed by atoms with Crippen LogP contribution in [-0.2, 0) is 14.3 Å². The van der Waals surface area contributed by atoms with Gasteiger partial charge in [0.15, 0.2) is 6.10 Å². The molecule has 22 heavy (non-hydrogen) atoms. The Bertz CT molecular complexity index is 589. The van der Waals surface area contributed by atoms with Crippen molar-refractivity contribution in [1.29, 1.82) is 0 Å². The van der Waals surface area contributed by atoms with Gasteiger partial charge >= 0.3 is 11.9 Å². The lowest BCUT2D eigenvalue weighted by atomic mass is 10.1. The van der Waals surface area contributed by atoms with Gasteiger partial charge in [-0.3, -0.25) is 4.79 Å². The van der Waals surface area contributed by atoms with Crippen molar-refractivity contribution in [2.75, 3.05) is 7.11 Å². The molecule has 0 aromatic carbocycles. The maximum atomic E-state index is 12.2. The first-order valence-corrected chi connectivity index (χ1v) is 6.97. The fraction of sp³-hybridized carbons (Fsp3) is 0.533. The summed E-state index contributed by atoms with van der Waals surface area (Å²) in [4.78, 5) is 38.4. The number of methoxy groups -OCH3 is 1. The molecule has 122 valence electrons. The van der Waals surface area contributed by atoms with Gasteiger partial charge in [-0.25, -0.2) is 9.59 Å². The summed E-state index contributed by atoms with van der Waals surface area (Å²) < 4.78 is 9.81. The monoisotopic (exact) mass is 310 g/mol. The van der Waals surface area contributed by atoms with Gasteiger partial charge in [0.2, 0.25) is 0 Å². The SMILES string of the molecule is COC(=O)c1c(C)[nH]c(C(=O)OC(C)C(=O)NC(C)C)c1C. The molecule has 0 fully saturated rings. The van der Waals surface area contributed by atoms with Gasteiger partial charge in [0.1, 0.15) is 5.69 Å². The summed E-state index contributed by atoms with van der Waals surface area (Å²) in [5.41, 5.74) is 1.39. The van der Waals surface area contributed by atoms with Gasteiger partial charge in [0, 0.05) is 11.7 Å². The quantitative estimate of drug-likeness (QED) is 0.803. The molecule has 7 nitrogen and oxygen atoms in total. The van der Waals surface area contributed by atoms with Crippen molar-refractivity contribution < 1.29 is 23.9 Å². The molecular weight excluding hydrogens is 288 g/mol. The number of rotatable bonds is 5. The van der Waals surface area contributed by atoms with Gasteiger partial charge in [0.25, 0.3) is 5.91 Å². The molecule has 7 heteroatoms. The van der Waals surface area contributed by atoms with Gasteiger partial charge in [-0.1, -0.05) is 0 Å². The molecule has 0 spiro atoms. The summed E-state index contributed by atoms with van der Waals surface area (Å²) in [5.74, 6) is -1.60. The Morgan fingerprint density at radius 1 is 1.09 bits per heavy atom. The number of esters is 2. The predicted molar refractivity (Wildman–Crippen MR) is 79.8 cm³/mol. The van der Waals surface area contributed by atoms with Gasteiger partial charge in [-0.2, -0.15) is 0 Å². The Labute approximate surface area is 129 Å². The summed E-state index contributed by atoms with van der Waals surface area (Å²) in [6, 6.07) is -0.0472. The smallest absolute Gasteiger partial charge is 0.355 e. The van der Waals surface area contributed by atoms with E-state index in [-0.39, 0.29) is 17.6 Å². The highest BCUT2D eigenvalue weighted by molar-refractivity contribution is 5.99. The summed E-state index contributed by atoms with van der Waals surface area (Å²) >= 11 is 0. The number of hydrogen-bond donors (Lipinski definition) is 2. The average Bonchev–Trinajstić information content (AvgIpc) is 2.72. The van der Waals surface area contributed by atoms with E-state index in [4.69, 9.17) is 4.74 Å². The van der Waals surface area contributed by atoms with Crippen molar-refractivity contribution in [2.24, 2.45) is 0 Å². The van der Waals surface area contributed by atoms with Crippen molar-refractivity contribution in [3.05, 3.63) is 22.5 Å². The van der Waals surface area contributed by atoms with Crippen molar-refractivity contribution in [2.45, 2.75) is 46.8 Å². The van der Waals surface area contributed by atoms with E-state index in [9.17, 15) is 14.4 Å². The Morgan fingerprint density at radius 2 is 1.68 bits per heavy atom. The normalized spacial score (nSPS) is 12.0. The molecule has 0 saturated carbocycles. The Morgan fingerprint density at radius 3 is 2.18 bits per heavy atom. The van der Waals surface area contributed by atoms with Crippen LogP contribution in [0.25, 0.3) is 0 Å². The number of carbonyl (C=O) groups is 3. The molecule has 0 radical (unpaired) electrons. The third kappa shape index (κ3) is 3.87. The number of amides is 1. The Kier molecular flexibility index (Phi) is 5.73. The molecule has 0 bridgehead atoms. The largest absolute Gasteiger partial charge is 0.465 e. The van der Waals surface area contributed by atoms with Crippen LogP contribution in [0.5, 0.6) is 0 Å². The highest BCUT2D eigenvalue weighted by Crippen LogP contribution is 2.20. The highest BCUT2D eigenvalue weighted by atomic mass is 16.5. The zero-order valence-electron chi connectivity index (χ0n) is 13.7. The first kappa shape index (κ1) is 17.7. The number of H-pyrrole nitrogens is 1. The molecule has 0 aliphatic carbocycles. The Hall–Kier alpha value is -2.31. The van der Waals surface area contributed by atoms with Crippen LogP contribution in [0.15, 0.2) is 0 Å². The number of aromatic amines is 1. The fourth-order valence-electron chi connectivity index (χ4n) is 2.04. The van der Waals surface area contributed by atoms with Gasteiger partial charge in [-0.05, 0) is 40.2 Å². The lowest BCUT2D eigenvalue weighted by Crippen LogP contribution is -2.39.